The van der Waals surface area contributed by atoms with Gasteiger partial charge in [0.05, 0.1) is 0 Å². The molecule has 1 atom stereocenters. The molecular weight excluding hydrogens is 110 g/mol. The molecule has 1 N–H and O–H groups in total. The van der Waals surface area contributed by atoms with Crippen molar-refractivity contribution in [3.8, 4) is 0 Å². The van der Waals surface area contributed by atoms with Crippen LogP contribution >= 0.6 is 0 Å². The highest BCUT2D eigenvalue weighted by atomic mass is 14.9. The zero-order chi connectivity index (χ0) is 6.32. The highest BCUT2D eigenvalue weighted by molar-refractivity contribution is 5.05. The fourth-order valence-corrected chi connectivity index (χ4v) is 2.35. The van der Waals surface area contributed by atoms with Crippen molar-refractivity contribution in [2.75, 3.05) is 7.05 Å². The second-order valence-corrected chi connectivity index (χ2v) is 3.60. The molecule has 0 aromatic heterocycles. The van der Waals surface area contributed by atoms with Gasteiger partial charge in [-0.15, -0.1) is 0 Å². The third-order valence-corrected chi connectivity index (χ3v) is 3.15. The van der Waals surface area contributed by atoms with E-state index < -0.39 is 0 Å². The lowest BCUT2D eigenvalue weighted by Crippen LogP contribution is -2.29. The van der Waals surface area contributed by atoms with Gasteiger partial charge in [0.1, 0.15) is 0 Å². The maximum atomic E-state index is 3.42. The van der Waals surface area contributed by atoms with Crippen LogP contribution in [0.2, 0.25) is 0 Å². The van der Waals surface area contributed by atoms with Gasteiger partial charge in [-0.2, -0.15) is 0 Å². The topological polar surface area (TPSA) is 12.0 Å². The second kappa shape index (κ2) is 1.72. The molecule has 1 unspecified atom stereocenters. The first-order chi connectivity index (χ1) is 4.37. The molecule has 1 spiro atoms. The molecule has 0 aromatic rings. The van der Waals surface area contributed by atoms with E-state index in [1.807, 2.05) is 0 Å². The average Bonchev–Trinajstić information content (AvgIpc) is 2.45. The summed E-state index contributed by atoms with van der Waals surface area (Å²) in [6, 6.07) is 0.873. The summed E-state index contributed by atoms with van der Waals surface area (Å²) in [7, 11) is 2.11. The van der Waals surface area contributed by atoms with Crippen molar-refractivity contribution in [2.45, 2.75) is 38.1 Å². The predicted molar refractivity (Wildman–Crippen MR) is 38.4 cm³/mol. The van der Waals surface area contributed by atoms with E-state index in [0.29, 0.717) is 0 Å². The highest BCUT2D eigenvalue weighted by Gasteiger charge is 2.50. The summed E-state index contributed by atoms with van der Waals surface area (Å²) >= 11 is 0. The molecule has 2 fully saturated rings. The van der Waals surface area contributed by atoms with Crippen LogP contribution < -0.4 is 5.32 Å². The standard InChI is InChI=1S/C8H15N/c1-9-7-3-2-4-8(7)5-6-8/h7,9H,2-6H2,1H3. The molecule has 2 rings (SSSR count). The molecule has 2 aliphatic carbocycles. The first kappa shape index (κ1) is 5.72. The summed E-state index contributed by atoms with van der Waals surface area (Å²) < 4.78 is 0. The monoisotopic (exact) mass is 125 g/mol. The molecule has 0 amide bonds. The van der Waals surface area contributed by atoms with E-state index in [1.54, 1.807) is 0 Å². The maximum Gasteiger partial charge on any atom is 0.0120 e. The lowest BCUT2D eigenvalue weighted by Gasteiger charge is -2.16. The Morgan fingerprint density at radius 1 is 1.33 bits per heavy atom. The van der Waals surface area contributed by atoms with Crippen LogP contribution in [0, 0.1) is 5.41 Å². The SMILES string of the molecule is CNC1CCCC12CC2. The van der Waals surface area contributed by atoms with E-state index in [-0.39, 0.29) is 0 Å². The first-order valence-corrected chi connectivity index (χ1v) is 4.05. The zero-order valence-electron chi connectivity index (χ0n) is 6.11. The van der Waals surface area contributed by atoms with Crippen LogP contribution in [0.1, 0.15) is 32.1 Å². The van der Waals surface area contributed by atoms with Gasteiger partial charge in [0.15, 0.2) is 0 Å². The summed E-state index contributed by atoms with van der Waals surface area (Å²) in [5.41, 5.74) is 0.800. The third-order valence-electron chi connectivity index (χ3n) is 3.15. The van der Waals surface area contributed by atoms with E-state index in [9.17, 15) is 0 Å². The average molecular weight is 125 g/mol. The van der Waals surface area contributed by atoms with Crippen LogP contribution in [-0.2, 0) is 0 Å². The quantitative estimate of drug-likeness (QED) is 0.560. The van der Waals surface area contributed by atoms with Crippen LogP contribution in [0.5, 0.6) is 0 Å². The van der Waals surface area contributed by atoms with Crippen LogP contribution in [0.3, 0.4) is 0 Å². The number of hydrogen-bond donors (Lipinski definition) is 1. The molecule has 0 saturated heterocycles. The number of hydrogen-bond acceptors (Lipinski definition) is 1. The molecule has 1 nitrogen and oxygen atoms in total. The molecule has 0 aromatic carbocycles. The molecule has 2 saturated carbocycles. The predicted octanol–water partition coefficient (Wildman–Crippen LogP) is 1.54. The molecular formula is C8H15N. The summed E-state index contributed by atoms with van der Waals surface area (Å²) in [6.45, 7) is 0. The van der Waals surface area contributed by atoms with Crippen molar-refractivity contribution in [1.82, 2.24) is 5.32 Å². The van der Waals surface area contributed by atoms with Gasteiger partial charge in [-0.05, 0) is 38.1 Å². The Balaban J connectivity index is 2.05. The Labute approximate surface area is 56.8 Å². The minimum atomic E-state index is 0.800. The van der Waals surface area contributed by atoms with E-state index in [1.165, 1.54) is 32.1 Å². The number of nitrogens with one attached hydrogen (secondary N) is 1. The molecule has 1 heteroatoms. The Morgan fingerprint density at radius 2 is 2.11 bits per heavy atom. The highest BCUT2D eigenvalue weighted by Crippen LogP contribution is 2.57. The van der Waals surface area contributed by atoms with Crippen molar-refractivity contribution < 1.29 is 0 Å². The van der Waals surface area contributed by atoms with Gasteiger partial charge in [-0.1, -0.05) is 6.42 Å². The fourth-order valence-electron chi connectivity index (χ4n) is 2.35. The van der Waals surface area contributed by atoms with Gasteiger partial charge in [0, 0.05) is 6.04 Å². The van der Waals surface area contributed by atoms with Crippen molar-refractivity contribution in [1.29, 1.82) is 0 Å². The van der Waals surface area contributed by atoms with E-state index >= 15 is 0 Å². The molecule has 0 radical (unpaired) electrons. The minimum absolute atomic E-state index is 0.800. The van der Waals surface area contributed by atoms with Crippen molar-refractivity contribution in [3.05, 3.63) is 0 Å². The second-order valence-electron chi connectivity index (χ2n) is 3.60. The molecule has 0 aliphatic heterocycles. The van der Waals surface area contributed by atoms with Crippen molar-refractivity contribution >= 4 is 0 Å². The van der Waals surface area contributed by atoms with Gasteiger partial charge in [-0.3, -0.25) is 0 Å². The lowest BCUT2D eigenvalue weighted by molar-refractivity contribution is 0.405. The smallest absolute Gasteiger partial charge is 0.0120 e. The lowest BCUT2D eigenvalue weighted by atomic mass is 10.0. The largest absolute Gasteiger partial charge is 0.316 e. The van der Waals surface area contributed by atoms with Crippen LogP contribution in [0.4, 0.5) is 0 Å². The summed E-state index contributed by atoms with van der Waals surface area (Å²) in [5.74, 6) is 0. The van der Waals surface area contributed by atoms with Crippen molar-refractivity contribution in [2.24, 2.45) is 5.41 Å². The van der Waals surface area contributed by atoms with Gasteiger partial charge in [0.25, 0.3) is 0 Å². The Kier molecular flexibility index (Phi) is 1.10. The van der Waals surface area contributed by atoms with E-state index in [2.05, 4.69) is 12.4 Å². The van der Waals surface area contributed by atoms with Gasteiger partial charge in [0.2, 0.25) is 0 Å². The van der Waals surface area contributed by atoms with E-state index in [4.69, 9.17) is 0 Å². The first-order valence-electron chi connectivity index (χ1n) is 4.05. The Hall–Kier alpha value is -0.0400. The Morgan fingerprint density at radius 3 is 2.56 bits per heavy atom. The van der Waals surface area contributed by atoms with Crippen molar-refractivity contribution in [3.63, 3.8) is 0 Å². The van der Waals surface area contributed by atoms with Crippen LogP contribution in [0.15, 0.2) is 0 Å². The summed E-state index contributed by atoms with van der Waals surface area (Å²) in [5, 5.41) is 3.42. The molecule has 52 valence electrons. The van der Waals surface area contributed by atoms with Crippen LogP contribution in [0.25, 0.3) is 0 Å². The zero-order valence-corrected chi connectivity index (χ0v) is 6.11. The molecule has 9 heavy (non-hydrogen) atoms. The molecule has 2 aliphatic rings. The maximum absolute atomic E-state index is 3.42. The minimum Gasteiger partial charge on any atom is -0.316 e. The molecule has 0 heterocycles. The fraction of sp³-hybridized carbons (Fsp3) is 1.00. The third kappa shape index (κ3) is 0.710. The van der Waals surface area contributed by atoms with E-state index in [0.717, 1.165) is 11.5 Å². The Bertz CT molecular complexity index is 116. The van der Waals surface area contributed by atoms with Gasteiger partial charge >= 0.3 is 0 Å². The van der Waals surface area contributed by atoms with Gasteiger partial charge < -0.3 is 5.32 Å². The molecule has 0 bridgehead atoms. The summed E-state index contributed by atoms with van der Waals surface area (Å²) in [6.07, 6.45) is 7.39. The normalized spacial score (nSPS) is 37.7. The van der Waals surface area contributed by atoms with Crippen LogP contribution in [-0.4, -0.2) is 13.1 Å². The summed E-state index contributed by atoms with van der Waals surface area (Å²) in [4.78, 5) is 0. The number of rotatable bonds is 1. The van der Waals surface area contributed by atoms with Gasteiger partial charge in [-0.25, -0.2) is 0 Å².